The van der Waals surface area contributed by atoms with Gasteiger partial charge in [0.05, 0.1) is 22.8 Å². The molecule has 0 fully saturated rings. The number of fused-ring (bicyclic) bond motifs is 6. The number of furan rings is 2. The largest absolute Gasteiger partial charge is 0.456 e. The van der Waals surface area contributed by atoms with Crippen LogP contribution >= 0.6 is 0 Å². The molecule has 6 heteroatoms. The van der Waals surface area contributed by atoms with Crippen LogP contribution in [0.25, 0.3) is 112 Å². The molecule has 0 atom stereocenters. The third-order valence-electron chi connectivity index (χ3n) is 10.3. The van der Waals surface area contributed by atoms with E-state index in [4.69, 9.17) is 28.8 Å². The Bertz CT molecular complexity index is 2890. The van der Waals surface area contributed by atoms with E-state index in [0.29, 0.717) is 11.6 Å². The van der Waals surface area contributed by atoms with Crippen LogP contribution in [0.4, 0.5) is 0 Å². The normalized spacial score (nSPS) is 11.6. The van der Waals surface area contributed by atoms with Crippen LogP contribution in [0.2, 0.25) is 0 Å². The standard InChI is InChI=1S/C50H30N4O2/c1-5-13-31(14-6-1)41-29-42(32-15-7-2-8-16-32)52-49(51-41)35-21-23-45-37(25-35)39-27-48-40(28-47(39)55-45)38-26-36(22-24-46(38)56-48)50-53-43(33-17-9-3-10-18-33)30-44(54-50)34-19-11-4-12-20-34/h1-30H. The molecule has 0 spiro atoms. The molecular formula is C50H30N4O2. The molecule has 0 unspecified atom stereocenters. The molecule has 56 heavy (non-hydrogen) atoms. The van der Waals surface area contributed by atoms with Crippen LogP contribution in [0.3, 0.4) is 0 Å². The molecule has 0 aliphatic carbocycles. The molecule has 11 rings (SSSR count). The fraction of sp³-hybridized carbons (Fsp3) is 0. The molecule has 0 aliphatic heterocycles. The van der Waals surface area contributed by atoms with Gasteiger partial charge in [-0.15, -0.1) is 0 Å². The molecule has 262 valence electrons. The molecule has 4 aromatic heterocycles. The zero-order valence-electron chi connectivity index (χ0n) is 29.9. The summed E-state index contributed by atoms with van der Waals surface area (Å²) in [6.45, 7) is 0. The Kier molecular flexibility index (Phi) is 7.38. The zero-order chi connectivity index (χ0) is 37.0. The Balaban J connectivity index is 1.03. The number of rotatable bonds is 6. The third-order valence-corrected chi connectivity index (χ3v) is 10.3. The van der Waals surface area contributed by atoms with E-state index in [2.05, 4.69) is 84.9 Å². The van der Waals surface area contributed by atoms with Crippen molar-refractivity contribution in [3.05, 3.63) is 182 Å². The molecule has 0 saturated heterocycles. The second kappa shape index (κ2) is 13.0. The Hall–Kier alpha value is -7.70. The van der Waals surface area contributed by atoms with Gasteiger partial charge in [-0.3, -0.25) is 0 Å². The van der Waals surface area contributed by atoms with Gasteiger partial charge in [-0.05, 0) is 60.7 Å². The van der Waals surface area contributed by atoms with Crippen molar-refractivity contribution in [2.24, 2.45) is 0 Å². The Labute approximate surface area is 321 Å². The molecule has 6 nitrogen and oxygen atoms in total. The van der Waals surface area contributed by atoms with E-state index in [9.17, 15) is 0 Å². The number of aromatic nitrogens is 4. The van der Waals surface area contributed by atoms with Crippen LogP contribution in [0.15, 0.2) is 191 Å². The van der Waals surface area contributed by atoms with Gasteiger partial charge in [-0.25, -0.2) is 19.9 Å². The summed E-state index contributed by atoms with van der Waals surface area (Å²) in [5.74, 6) is 1.29. The quantitative estimate of drug-likeness (QED) is 0.170. The number of hydrogen-bond acceptors (Lipinski definition) is 6. The van der Waals surface area contributed by atoms with Crippen LogP contribution in [0.5, 0.6) is 0 Å². The minimum Gasteiger partial charge on any atom is -0.456 e. The molecule has 0 radical (unpaired) electrons. The SMILES string of the molecule is c1ccc(-c2cc(-c3ccccc3)nc(-c3ccc4oc5cc6c(cc5c4c3)oc3ccc(-c4nc(-c5ccccc5)cc(-c5ccccc5)n4)cc36)n2)cc1. The first-order valence-electron chi connectivity index (χ1n) is 18.5. The van der Waals surface area contributed by atoms with E-state index in [-0.39, 0.29) is 0 Å². The van der Waals surface area contributed by atoms with Gasteiger partial charge in [0.1, 0.15) is 22.3 Å². The van der Waals surface area contributed by atoms with Crippen LogP contribution < -0.4 is 0 Å². The summed E-state index contributed by atoms with van der Waals surface area (Å²) in [7, 11) is 0. The summed E-state index contributed by atoms with van der Waals surface area (Å²) < 4.78 is 13.0. The summed E-state index contributed by atoms with van der Waals surface area (Å²) in [5, 5.41) is 3.86. The highest BCUT2D eigenvalue weighted by molar-refractivity contribution is 6.15. The first-order valence-corrected chi connectivity index (χ1v) is 18.5. The van der Waals surface area contributed by atoms with Gasteiger partial charge in [0.15, 0.2) is 11.6 Å². The molecule has 0 aliphatic rings. The fourth-order valence-corrected chi connectivity index (χ4v) is 7.50. The lowest BCUT2D eigenvalue weighted by molar-refractivity contribution is 0.664. The summed E-state index contributed by atoms with van der Waals surface area (Å²) >= 11 is 0. The van der Waals surface area contributed by atoms with Crippen molar-refractivity contribution >= 4 is 43.9 Å². The number of hydrogen-bond donors (Lipinski definition) is 0. The fourth-order valence-electron chi connectivity index (χ4n) is 7.50. The molecule has 0 N–H and O–H groups in total. The average Bonchev–Trinajstić information content (AvgIpc) is 3.82. The maximum atomic E-state index is 6.49. The second-order valence-electron chi connectivity index (χ2n) is 13.9. The van der Waals surface area contributed by atoms with Gasteiger partial charge < -0.3 is 8.83 Å². The molecule has 11 aromatic rings. The monoisotopic (exact) mass is 718 g/mol. The smallest absolute Gasteiger partial charge is 0.160 e. The molecule has 4 heterocycles. The van der Waals surface area contributed by atoms with Crippen molar-refractivity contribution in [3.63, 3.8) is 0 Å². The predicted octanol–water partition coefficient (Wildman–Crippen LogP) is 13.1. The summed E-state index contributed by atoms with van der Waals surface area (Å²) in [6, 6.07) is 61.5. The highest BCUT2D eigenvalue weighted by Gasteiger charge is 2.18. The summed E-state index contributed by atoms with van der Waals surface area (Å²) in [6.07, 6.45) is 0. The molecule has 0 saturated carbocycles. The van der Waals surface area contributed by atoms with Crippen molar-refractivity contribution in [1.82, 2.24) is 19.9 Å². The summed E-state index contributed by atoms with van der Waals surface area (Å²) in [5.41, 5.74) is 12.5. The van der Waals surface area contributed by atoms with E-state index in [1.807, 2.05) is 97.1 Å². The molecule has 7 aromatic carbocycles. The van der Waals surface area contributed by atoms with E-state index < -0.39 is 0 Å². The van der Waals surface area contributed by atoms with E-state index in [1.54, 1.807) is 0 Å². The maximum absolute atomic E-state index is 6.49. The molecule has 0 bridgehead atoms. The minimum atomic E-state index is 0.646. The van der Waals surface area contributed by atoms with Crippen molar-refractivity contribution in [2.75, 3.05) is 0 Å². The van der Waals surface area contributed by atoms with E-state index in [0.717, 1.165) is 100 Å². The van der Waals surface area contributed by atoms with Crippen molar-refractivity contribution in [3.8, 4) is 67.8 Å². The Morgan fingerprint density at radius 1 is 0.250 bits per heavy atom. The molecule has 0 amide bonds. The first-order chi connectivity index (χ1) is 27.7. The van der Waals surface area contributed by atoms with Gasteiger partial charge >= 0.3 is 0 Å². The van der Waals surface area contributed by atoms with E-state index in [1.165, 1.54) is 0 Å². The Morgan fingerprint density at radius 3 is 0.875 bits per heavy atom. The second-order valence-corrected chi connectivity index (χ2v) is 13.9. The van der Waals surface area contributed by atoms with Crippen molar-refractivity contribution in [2.45, 2.75) is 0 Å². The highest BCUT2D eigenvalue weighted by atomic mass is 16.3. The maximum Gasteiger partial charge on any atom is 0.160 e. The van der Waals surface area contributed by atoms with Gasteiger partial charge in [-0.1, -0.05) is 121 Å². The first kappa shape index (κ1) is 31.8. The van der Waals surface area contributed by atoms with E-state index >= 15 is 0 Å². The number of nitrogens with zero attached hydrogens (tertiary/aromatic N) is 4. The lowest BCUT2D eigenvalue weighted by atomic mass is 10.0. The zero-order valence-corrected chi connectivity index (χ0v) is 29.9. The van der Waals surface area contributed by atoms with Gasteiger partial charge in [0.2, 0.25) is 0 Å². The third kappa shape index (κ3) is 5.60. The molecular weight excluding hydrogens is 689 g/mol. The topological polar surface area (TPSA) is 77.8 Å². The van der Waals surface area contributed by atoms with Gasteiger partial charge in [-0.2, -0.15) is 0 Å². The van der Waals surface area contributed by atoms with Crippen molar-refractivity contribution in [1.29, 1.82) is 0 Å². The lowest BCUT2D eigenvalue weighted by Gasteiger charge is -2.09. The summed E-state index contributed by atoms with van der Waals surface area (Å²) in [4.78, 5) is 20.2. The number of benzene rings is 7. The predicted molar refractivity (Wildman–Crippen MR) is 225 cm³/mol. The van der Waals surface area contributed by atoms with Gasteiger partial charge in [0, 0.05) is 54.9 Å². The van der Waals surface area contributed by atoms with Crippen LogP contribution in [-0.4, -0.2) is 19.9 Å². The lowest BCUT2D eigenvalue weighted by Crippen LogP contribution is -1.95. The van der Waals surface area contributed by atoms with Crippen LogP contribution in [0, 0.1) is 0 Å². The minimum absolute atomic E-state index is 0.646. The Morgan fingerprint density at radius 2 is 0.554 bits per heavy atom. The van der Waals surface area contributed by atoms with Crippen LogP contribution in [0.1, 0.15) is 0 Å². The van der Waals surface area contributed by atoms with Crippen molar-refractivity contribution < 1.29 is 8.83 Å². The van der Waals surface area contributed by atoms with Crippen LogP contribution in [-0.2, 0) is 0 Å². The average molecular weight is 719 g/mol. The van der Waals surface area contributed by atoms with Gasteiger partial charge in [0.25, 0.3) is 0 Å². The highest BCUT2D eigenvalue weighted by Crippen LogP contribution is 2.39.